The van der Waals surface area contributed by atoms with Gasteiger partial charge in [0.1, 0.15) is 5.82 Å². The Morgan fingerprint density at radius 2 is 1.53 bits per heavy atom. The van der Waals surface area contributed by atoms with Crippen LogP contribution in [0.3, 0.4) is 0 Å². The van der Waals surface area contributed by atoms with Gasteiger partial charge < -0.3 is 0 Å². The molecule has 4 nitrogen and oxygen atoms in total. The van der Waals surface area contributed by atoms with Crippen LogP contribution < -0.4 is 0 Å². The van der Waals surface area contributed by atoms with Crippen LogP contribution in [0.15, 0.2) is 90.0 Å². The molecule has 0 N–H and O–H groups in total. The van der Waals surface area contributed by atoms with E-state index in [2.05, 4.69) is 35.2 Å². The number of nitrogens with zero attached hydrogens (tertiary/aromatic N) is 3. The summed E-state index contributed by atoms with van der Waals surface area (Å²) in [6.45, 7) is 2.21. The lowest BCUT2D eigenvalue weighted by Gasteiger charge is -2.33. The average Bonchev–Trinajstić information content (AvgIpc) is 3.33. The van der Waals surface area contributed by atoms with Gasteiger partial charge >= 0.3 is 0 Å². The zero-order chi connectivity index (χ0) is 23.3. The lowest BCUT2D eigenvalue weighted by molar-refractivity contribution is -0.134. The lowest BCUT2D eigenvalue weighted by Crippen LogP contribution is -2.42. The van der Waals surface area contributed by atoms with Gasteiger partial charge in [0.15, 0.2) is 0 Å². The number of hydrazone groups is 1. The highest BCUT2D eigenvalue weighted by molar-refractivity contribution is 6.03. The Balaban J connectivity index is 1.25. The van der Waals surface area contributed by atoms with E-state index in [4.69, 9.17) is 5.10 Å². The van der Waals surface area contributed by atoms with Crippen LogP contribution in [0.2, 0.25) is 0 Å². The fourth-order valence-corrected chi connectivity index (χ4v) is 5.05. The Kier molecular flexibility index (Phi) is 6.82. The Labute approximate surface area is 200 Å². The zero-order valence-electron chi connectivity index (χ0n) is 19.3. The van der Waals surface area contributed by atoms with Gasteiger partial charge in [-0.15, -0.1) is 0 Å². The van der Waals surface area contributed by atoms with Crippen molar-refractivity contribution in [3.05, 3.63) is 107 Å². The maximum Gasteiger partial charge on any atom is 0.257 e. The minimum atomic E-state index is -0.276. The van der Waals surface area contributed by atoms with Crippen LogP contribution in [0.5, 0.6) is 0 Å². The number of rotatable bonds is 6. The van der Waals surface area contributed by atoms with E-state index in [1.165, 1.54) is 17.7 Å². The van der Waals surface area contributed by atoms with Gasteiger partial charge in [0.2, 0.25) is 0 Å². The number of hydrogen-bond acceptors (Lipinski definition) is 3. The van der Waals surface area contributed by atoms with Crippen LogP contribution in [0.25, 0.3) is 0 Å². The standard InChI is InChI=1S/C29H30FN3O/c30-26-13-11-25(12-14-26)28-20-27(24-9-5-2-6-10-24)31-33(28)29(34)21-32-17-15-23(16-18-32)19-22-7-3-1-4-8-22/h1-14,23,28H,15-21H2/t28-/m1/s1. The van der Waals surface area contributed by atoms with Gasteiger partial charge in [-0.2, -0.15) is 5.10 Å². The number of benzene rings is 3. The van der Waals surface area contributed by atoms with Crippen molar-refractivity contribution in [2.24, 2.45) is 11.0 Å². The maximum absolute atomic E-state index is 13.5. The van der Waals surface area contributed by atoms with Gasteiger partial charge in [0.05, 0.1) is 18.3 Å². The molecule has 1 atom stereocenters. The summed E-state index contributed by atoms with van der Waals surface area (Å²) in [7, 11) is 0. The maximum atomic E-state index is 13.5. The predicted octanol–water partition coefficient (Wildman–Crippen LogP) is 5.46. The fraction of sp³-hybridized carbons (Fsp3) is 0.310. The quantitative estimate of drug-likeness (QED) is 0.495. The Morgan fingerprint density at radius 3 is 2.21 bits per heavy atom. The smallest absolute Gasteiger partial charge is 0.257 e. The highest BCUT2D eigenvalue weighted by Crippen LogP contribution is 2.33. The third-order valence-corrected chi connectivity index (χ3v) is 6.96. The fourth-order valence-electron chi connectivity index (χ4n) is 5.05. The van der Waals surface area contributed by atoms with Crippen LogP contribution in [0.4, 0.5) is 4.39 Å². The summed E-state index contributed by atoms with van der Waals surface area (Å²) in [6.07, 6.45) is 3.93. The number of hydrogen-bond donors (Lipinski definition) is 0. The molecule has 0 bridgehead atoms. The number of piperidine rings is 1. The molecular weight excluding hydrogens is 425 g/mol. The Morgan fingerprint density at radius 1 is 0.882 bits per heavy atom. The first-order valence-corrected chi connectivity index (χ1v) is 12.1. The van der Waals surface area contributed by atoms with Crippen molar-refractivity contribution in [2.45, 2.75) is 31.7 Å². The molecular formula is C29H30FN3O. The minimum absolute atomic E-state index is 0.00163. The molecule has 34 heavy (non-hydrogen) atoms. The summed E-state index contributed by atoms with van der Waals surface area (Å²) in [5.41, 5.74) is 4.21. The number of carbonyl (C=O) groups excluding carboxylic acids is 1. The Bertz CT molecular complexity index is 1120. The molecule has 2 aliphatic heterocycles. The first-order valence-electron chi connectivity index (χ1n) is 12.1. The van der Waals surface area contributed by atoms with Crippen LogP contribution in [-0.4, -0.2) is 41.2 Å². The molecule has 0 unspecified atom stereocenters. The molecule has 5 rings (SSSR count). The zero-order valence-corrected chi connectivity index (χ0v) is 19.3. The van der Waals surface area contributed by atoms with Crippen LogP contribution in [-0.2, 0) is 11.2 Å². The van der Waals surface area contributed by atoms with E-state index >= 15 is 0 Å². The summed E-state index contributed by atoms with van der Waals surface area (Å²) < 4.78 is 13.5. The Hall–Kier alpha value is -3.31. The molecule has 0 saturated carbocycles. The van der Waals surface area contributed by atoms with Crippen molar-refractivity contribution in [3.8, 4) is 0 Å². The molecule has 2 heterocycles. The lowest BCUT2D eigenvalue weighted by atomic mass is 9.90. The molecule has 3 aromatic rings. The van der Waals surface area contributed by atoms with E-state index in [1.807, 2.05) is 30.3 Å². The van der Waals surface area contributed by atoms with Crippen molar-refractivity contribution in [2.75, 3.05) is 19.6 Å². The molecule has 1 amide bonds. The van der Waals surface area contributed by atoms with Gasteiger partial charge in [-0.05, 0) is 67.1 Å². The van der Waals surface area contributed by atoms with Crippen molar-refractivity contribution >= 4 is 11.6 Å². The van der Waals surface area contributed by atoms with E-state index in [-0.39, 0.29) is 17.8 Å². The summed E-state index contributed by atoms with van der Waals surface area (Å²) in [6, 6.07) is 26.8. The van der Waals surface area contributed by atoms with E-state index < -0.39 is 0 Å². The summed E-state index contributed by atoms with van der Waals surface area (Å²) in [5, 5.41) is 6.39. The predicted molar refractivity (Wildman–Crippen MR) is 133 cm³/mol. The highest BCUT2D eigenvalue weighted by Gasteiger charge is 2.34. The van der Waals surface area contributed by atoms with Gasteiger partial charge in [-0.3, -0.25) is 9.69 Å². The largest absolute Gasteiger partial charge is 0.294 e. The van der Waals surface area contributed by atoms with Gasteiger partial charge in [-0.1, -0.05) is 72.8 Å². The second kappa shape index (κ2) is 10.3. The molecule has 0 aliphatic carbocycles. The number of amides is 1. The topological polar surface area (TPSA) is 35.9 Å². The van der Waals surface area contributed by atoms with E-state index in [0.717, 1.165) is 49.2 Å². The number of likely N-dealkylation sites (tertiary alicyclic amines) is 1. The van der Waals surface area contributed by atoms with Crippen molar-refractivity contribution in [1.82, 2.24) is 9.91 Å². The van der Waals surface area contributed by atoms with Gasteiger partial charge in [0.25, 0.3) is 5.91 Å². The first-order chi connectivity index (χ1) is 16.7. The minimum Gasteiger partial charge on any atom is -0.294 e. The van der Waals surface area contributed by atoms with Gasteiger partial charge in [0, 0.05) is 6.42 Å². The third kappa shape index (κ3) is 5.26. The van der Waals surface area contributed by atoms with E-state index in [0.29, 0.717) is 18.9 Å². The monoisotopic (exact) mass is 455 g/mol. The second-order valence-electron chi connectivity index (χ2n) is 9.33. The molecule has 0 spiro atoms. The molecule has 174 valence electrons. The molecule has 0 aromatic heterocycles. The normalized spacial score (nSPS) is 19.3. The van der Waals surface area contributed by atoms with E-state index in [1.54, 1.807) is 17.1 Å². The summed E-state index contributed by atoms with van der Waals surface area (Å²) in [5.74, 6) is 0.388. The number of halogens is 1. The van der Waals surface area contributed by atoms with Crippen molar-refractivity contribution in [3.63, 3.8) is 0 Å². The molecule has 5 heteroatoms. The van der Waals surface area contributed by atoms with Crippen LogP contribution >= 0.6 is 0 Å². The highest BCUT2D eigenvalue weighted by atomic mass is 19.1. The molecule has 0 radical (unpaired) electrons. The van der Waals surface area contributed by atoms with Crippen molar-refractivity contribution < 1.29 is 9.18 Å². The molecule has 2 aliphatic rings. The SMILES string of the molecule is O=C(CN1CCC(Cc2ccccc2)CC1)N1N=C(c2ccccc2)C[C@@H]1c1ccc(F)cc1. The second-order valence-corrected chi connectivity index (χ2v) is 9.33. The van der Waals surface area contributed by atoms with Crippen LogP contribution in [0, 0.1) is 11.7 Å². The number of carbonyl (C=O) groups is 1. The molecule has 3 aromatic carbocycles. The first kappa shape index (κ1) is 22.5. The third-order valence-electron chi connectivity index (χ3n) is 6.96. The van der Waals surface area contributed by atoms with Gasteiger partial charge in [-0.25, -0.2) is 9.40 Å². The molecule has 1 fully saturated rings. The van der Waals surface area contributed by atoms with Crippen LogP contribution in [0.1, 0.15) is 42.0 Å². The molecule has 1 saturated heterocycles. The average molecular weight is 456 g/mol. The van der Waals surface area contributed by atoms with Crippen molar-refractivity contribution in [1.29, 1.82) is 0 Å². The summed E-state index contributed by atoms with van der Waals surface area (Å²) >= 11 is 0. The van der Waals surface area contributed by atoms with E-state index in [9.17, 15) is 9.18 Å². The summed E-state index contributed by atoms with van der Waals surface area (Å²) in [4.78, 5) is 15.7.